The number of anilines is 5. The highest BCUT2D eigenvalue weighted by Gasteiger charge is 2.09. The van der Waals surface area contributed by atoms with Gasteiger partial charge in [0.25, 0.3) is 0 Å². The molecule has 1 heterocycles. The summed E-state index contributed by atoms with van der Waals surface area (Å²) in [6, 6.07) is 12.6. The Kier molecular flexibility index (Phi) is 6.65. The Bertz CT molecular complexity index is 871. The van der Waals surface area contributed by atoms with Gasteiger partial charge in [0.05, 0.1) is 0 Å². The molecule has 29 heavy (non-hydrogen) atoms. The van der Waals surface area contributed by atoms with Gasteiger partial charge in [-0.1, -0.05) is 25.5 Å². The first-order valence-corrected chi connectivity index (χ1v) is 10.1. The van der Waals surface area contributed by atoms with Crippen LogP contribution in [0.2, 0.25) is 0 Å². The number of aromatic nitrogens is 3. The zero-order chi connectivity index (χ0) is 20.8. The molecule has 0 bridgehead atoms. The van der Waals surface area contributed by atoms with E-state index in [0.717, 1.165) is 30.8 Å². The van der Waals surface area contributed by atoms with Crippen LogP contribution in [-0.2, 0) is 0 Å². The molecule has 0 aliphatic carbocycles. The molecule has 3 rings (SSSR count). The van der Waals surface area contributed by atoms with Crippen LogP contribution in [0.3, 0.4) is 0 Å². The standard InChI is InChI=1S/C23H30N6/c1-6-7-8-24-21-27-22(25-19-11-15(2)9-16(3)12-19)29-23(28-21)26-20-13-17(4)10-18(5)14-20/h9-14H,6-8H2,1-5H3,(H3,24,25,26,27,28,29). The smallest absolute Gasteiger partial charge is 0.233 e. The molecule has 0 atom stereocenters. The highest BCUT2D eigenvalue weighted by atomic mass is 15.3. The van der Waals surface area contributed by atoms with Gasteiger partial charge in [-0.15, -0.1) is 0 Å². The van der Waals surface area contributed by atoms with Crippen molar-refractivity contribution in [2.45, 2.75) is 47.5 Å². The summed E-state index contributed by atoms with van der Waals surface area (Å²) < 4.78 is 0. The molecule has 2 aromatic carbocycles. The maximum absolute atomic E-state index is 4.59. The van der Waals surface area contributed by atoms with Crippen LogP contribution in [0, 0.1) is 27.7 Å². The van der Waals surface area contributed by atoms with Crippen molar-refractivity contribution < 1.29 is 0 Å². The van der Waals surface area contributed by atoms with Crippen LogP contribution in [0.25, 0.3) is 0 Å². The number of aryl methyl sites for hydroxylation is 4. The van der Waals surface area contributed by atoms with Crippen molar-refractivity contribution in [1.82, 2.24) is 15.0 Å². The molecule has 0 unspecified atom stereocenters. The molecule has 0 spiro atoms. The maximum atomic E-state index is 4.59. The van der Waals surface area contributed by atoms with E-state index >= 15 is 0 Å². The average Bonchev–Trinajstić information content (AvgIpc) is 2.60. The second kappa shape index (κ2) is 9.37. The molecular formula is C23H30N6. The highest BCUT2D eigenvalue weighted by molar-refractivity contribution is 5.61. The number of hydrogen-bond donors (Lipinski definition) is 3. The monoisotopic (exact) mass is 390 g/mol. The van der Waals surface area contributed by atoms with Gasteiger partial charge in [0.1, 0.15) is 0 Å². The number of nitrogens with one attached hydrogen (secondary N) is 3. The van der Waals surface area contributed by atoms with Crippen molar-refractivity contribution in [3.05, 3.63) is 58.7 Å². The fourth-order valence-electron chi connectivity index (χ4n) is 3.30. The molecule has 0 fully saturated rings. The van der Waals surface area contributed by atoms with Gasteiger partial charge in [0, 0.05) is 17.9 Å². The third kappa shape index (κ3) is 6.17. The van der Waals surface area contributed by atoms with Gasteiger partial charge < -0.3 is 16.0 Å². The second-order valence-corrected chi connectivity index (χ2v) is 7.59. The minimum absolute atomic E-state index is 0.510. The lowest BCUT2D eigenvalue weighted by molar-refractivity contribution is 0.825. The predicted octanol–water partition coefficient (Wildman–Crippen LogP) is 5.80. The van der Waals surface area contributed by atoms with Crippen molar-refractivity contribution in [3.8, 4) is 0 Å². The molecule has 6 heteroatoms. The lowest BCUT2D eigenvalue weighted by Gasteiger charge is -2.12. The zero-order valence-electron chi connectivity index (χ0n) is 17.9. The van der Waals surface area contributed by atoms with Crippen LogP contribution in [0.1, 0.15) is 42.0 Å². The summed E-state index contributed by atoms with van der Waals surface area (Å²) in [6.45, 7) is 11.3. The predicted molar refractivity (Wildman–Crippen MR) is 122 cm³/mol. The van der Waals surface area contributed by atoms with Gasteiger partial charge in [-0.05, 0) is 80.6 Å². The van der Waals surface area contributed by atoms with E-state index in [4.69, 9.17) is 0 Å². The number of rotatable bonds is 8. The molecular weight excluding hydrogens is 360 g/mol. The van der Waals surface area contributed by atoms with Crippen molar-refractivity contribution >= 4 is 29.2 Å². The summed E-state index contributed by atoms with van der Waals surface area (Å²) >= 11 is 0. The van der Waals surface area contributed by atoms with E-state index in [1.807, 2.05) is 0 Å². The topological polar surface area (TPSA) is 74.8 Å². The second-order valence-electron chi connectivity index (χ2n) is 7.59. The van der Waals surface area contributed by atoms with Crippen LogP contribution in [0.4, 0.5) is 29.2 Å². The normalized spacial score (nSPS) is 10.7. The molecule has 0 radical (unpaired) electrons. The first-order valence-electron chi connectivity index (χ1n) is 10.1. The minimum Gasteiger partial charge on any atom is -0.354 e. The fraction of sp³-hybridized carbons (Fsp3) is 0.348. The lowest BCUT2D eigenvalue weighted by atomic mass is 10.1. The van der Waals surface area contributed by atoms with Crippen LogP contribution < -0.4 is 16.0 Å². The fourth-order valence-corrected chi connectivity index (χ4v) is 3.30. The molecule has 3 N–H and O–H groups in total. The van der Waals surface area contributed by atoms with E-state index in [9.17, 15) is 0 Å². The van der Waals surface area contributed by atoms with Gasteiger partial charge in [-0.3, -0.25) is 0 Å². The quantitative estimate of drug-likeness (QED) is 0.422. The van der Waals surface area contributed by atoms with E-state index < -0.39 is 0 Å². The molecule has 0 saturated carbocycles. The summed E-state index contributed by atoms with van der Waals surface area (Å²) in [5.41, 5.74) is 6.69. The van der Waals surface area contributed by atoms with Gasteiger partial charge in [0.15, 0.2) is 0 Å². The van der Waals surface area contributed by atoms with E-state index in [1.165, 1.54) is 22.3 Å². The van der Waals surface area contributed by atoms with Crippen molar-refractivity contribution in [3.63, 3.8) is 0 Å². The first kappa shape index (κ1) is 20.6. The van der Waals surface area contributed by atoms with E-state index in [0.29, 0.717) is 17.8 Å². The molecule has 6 nitrogen and oxygen atoms in total. The summed E-state index contributed by atoms with van der Waals surface area (Å²) in [7, 11) is 0. The van der Waals surface area contributed by atoms with Crippen LogP contribution in [0.5, 0.6) is 0 Å². The Morgan fingerprint density at radius 3 is 1.45 bits per heavy atom. The Balaban J connectivity index is 1.89. The average molecular weight is 391 g/mol. The summed E-state index contributed by atoms with van der Waals surface area (Å²) in [6.07, 6.45) is 2.17. The molecule has 0 amide bonds. The van der Waals surface area contributed by atoms with Gasteiger partial charge in [-0.2, -0.15) is 15.0 Å². The lowest BCUT2D eigenvalue weighted by Crippen LogP contribution is -2.10. The van der Waals surface area contributed by atoms with Gasteiger partial charge in [0.2, 0.25) is 17.8 Å². The Morgan fingerprint density at radius 1 is 0.621 bits per heavy atom. The summed E-state index contributed by atoms with van der Waals surface area (Å²) in [5.74, 6) is 1.58. The SMILES string of the molecule is CCCCNc1nc(Nc2cc(C)cc(C)c2)nc(Nc2cc(C)cc(C)c2)n1. The van der Waals surface area contributed by atoms with Crippen molar-refractivity contribution in [2.75, 3.05) is 22.5 Å². The van der Waals surface area contributed by atoms with Crippen molar-refractivity contribution in [1.29, 1.82) is 0 Å². The molecule has 1 aromatic heterocycles. The van der Waals surface area contributed by atoms with Crippen LogP contribution in [-0.4, -0.2) is 21.5 Å². The molecule has 152 valence electrons. The number of nitrogens with zero attached hydrogens (tertiary/aromatic N) is 3. The maximum Gasteiger partial charge on any atom is 0.233 e. The van der Waals surface area contributed by atoms with Gasteiger partial charge >= 0.3 is 0 Å². The molecule has 0 aliphatic rings. The van der Waals surface area contributed by atoms with E-state index in [1.54, 1.807) is 0 Å². The minimum atomic E-state index is 0.510. The Morgan fingerprint density at radius 2 is 1.03 bits per heavy atom. The summed E-state index contributed by atoms with van der Waals surface area (Å²) in [5, 5.41) is 9.95. The van der Waals surface area contributed by atoms with Gasteiger partial charge in [-0.25, -0.2) is 0 Å². The molecule has 3 aromatic rings. The van der Waals surface area contributed by atoms with Crippen molar-refractivity contribution in [2.24, 2.45) is 0 Å². The largest absolute Gasteiger partial charge is 0.354 e. The Labute approximate surface area is 173 Å². The van der Waals surface area contributed by atoms with Crippen LogP contribution >= 0.6 is 0 Å². The number of benzene rings is 2. The molecule has 0 aliphatic heterocycles. The van der Waals surface area contributed by atoms with Crippen LogP contribution in [0.15, 0.2) is 36.4 Å². The number of hydrogen-bond acceptors (Lipinski definition) is 6. The van der Waals surface area contributed by atoms with E-state index in [2.05, 4.69) is 102 Å². The zero-order valence-corrected chi connectivity index (χ0v) is 17.9. The Hall–Kier alpha value is -3.15. The number of unbranched alkanes of at least 4 members (excludes halogenated alkanes) is 1. The van der Waals surface area contributed by atoms with E-state index in [-0.39, 0.29) is 0 Å². The molecule has 0 saturated heterocycles. The third-order valence-electron chi connectivity index (χ3n) is 4.40. The highest BCUT2D eigenvalue weighted by Crippen LogP contribution is 2.22. The summed E-state index contributed by atoms with van der Waals surface area (Å²) in [4.78, 5) is 13.7. The third-order valence-corrected chi connectivity index (χ3v) is 4.40. The first-order chi connectivity index (χ1) is 13.9.